The second-order valence-corrected chi connectivity index (χ2v) is 7.23. The molecule has 0 unspecified atom stereocenters. The van der Waals surface area contributed by atoms with Crippen molar-refractivity contribution in [1.29, 1.82) is 0 Å². The van der Waals surface area contributed by atoms with Gasteiger partial charge in [-0.1, -0.05) is 0 Å². The van der Waals surface area contributed by atoms with Crippen LogP contribution in [0.25, 0.3) is 0 Å². The molecular weight excluding hydrogens is 512 g/mol. The Bertz CT molecular complexity index is 788. The number of benzene rings is 2. The van der Waals surface area contributed by atoms with Crippen molar-refractivity contribution in [1.82, 2.24) is 0 Å². The average Bonchev–Trinajstić information content (AvgIpc) is 2.53. The number of hydrogen-bond acceptors (Lipinski definition) is 5. The van der Waals surface area contributed by atoms with Crippen LogP contribution in [0.4, 0.5) is 11.4 Å². The van der Waals surface area contributed by atoms with Crippen molar-refractivity contribution in [2.45, 2.75) is 0 Å². The molecule has 0 aliphatic heterocycles. The van der Waals surface area contributed by atoms with E-state index in [0.717, 1.165) is 0 Å². The molecule has 0 bridgehead atoms. The van der Waals surface area contributed by atoms with Crippen molar-refractivity contribution in [3.63, 3.8) is 0 Å². The Morgan fingerprint density at radius 2 is 1.79 bits per heavy atom. The molecule has 2 rings (SSSR count). The zero-order chi connectivity index (χ0) is 17.9. The number of non-ortho nitro benzene ring substituents is 1. The topological polar surface area (TPSA) is 81.5 Å². The number of ether oxygens (including phenoxy) is 1. The minimum Gasteiger partial charge on any atom is -0.496 e. The molecule has 9 heteroatoms. The van der Waals surface area contributed by atoms with Crippen LogP contribution in [-0.2, 0) is 0 Å². The summed E-state index contributed by atoms with van der Waals surface area (Å²) in [6.07, 6.45) is 0. The number of ketones is 1. The van der Waals surface area contributed by atoms with E-state index in [1.54, 1.807) is 25.3 Å². The van der Waals surface area contributed by atoms with Gasteiger partial charge in [-0.15, -0.1) is 0 Å². The van der Waals surface area contributed by atoms with Gasteiger partial charge >= 0.3 is 0 Å². The van der Waals surface area contributed by atoms with Crippen LogP contribution in [0, 0.1) is 10.1 Å². The monoisotopic (exact) mass is 520 g/mol. The van der Waals surface area contributed by atoms with Crippen LogP contribution in [0.1, 0.15) is 10.4 Å². The molecule has 0 amide bonds. The average molecular weight is 523 g/mol. The minimum absolute atomic E-state index is 0.0355. The Kier molecular flexibility index (Phi) is 6.36. The number of methoxy groups -OCH3 is 1. The van der Waals surface area contributed by atoms with E-state index in [1.807, 2.05) is 0 Å². The van der Waals surface area contributed by atoms with Gasteiger partial charge in [0.1, 0.15) is 5.75 Å². The summed E-state index contributed by atoms with van der Waals surface area (Å²) in [5.74, 6) is 0.510. The summed E-state index contributed by atoms with van der Waals surface area (Å²) in [6.45, 7) is 0.0355. The Morgan fingerprint density at radius 3 is 2.29 bits per heavy atom. The lowest BCUT2D eigenvalue weighted by Crippen LogP contribution is -2.14. The Balaban J connectivity index is 2.15. The first-order chi connectivity index (χ1) is 11.3. The summed E-state index contributed by atoms with van der Waals surface area (Å²) in [7, 11) is 1.55. The van der Waals surface area contributed by atoms with E-state index in [9.17, 15) is 14.9 Å². The molecule has 6 nitrogen and oxygen atoms in total. The number of carbonyl (C=O) groups excluding carboxylic acids is 1. The molecule has 0 atom stereocenters. The lowest BCUT2D eigenvalue weighted by atomic mass is 10.1. The number of carbonyl (C=O) groups is 1. The van der Waals surface area contributed by atoms with Gasteiger partial charge in [-0.3, -0.25) is 14.9 Å². The molecule has 0 spiro atoms. The smallest absolute Gasteiger partial charge is 0.271 e. The molecule has 0 fully saturated rings. The fourth-order valence-corrected chi connectivity index (χ4v) is 3.93. The van der Waals surface area contributed by atoms with E-state index in [1.165, 1.54) is 12.1 Å². The van der Waals surface area contributed by atoms with Crippen molar-refractivity contribution in [2.75, 3.05) is 19.0 Å². The van der Waals surface area contributed by atoms with E-state index in [2.05, 4.69) is 53.1 Å². The van der Waals surface area contributed by atoms with Gasteiger partial charge in [-0.25, -0.2) is 0 Å². The molecule has 0 radical (unpaired) electrons. The number of Topliss-reactive ketones (excluding diaryl/α,β-unsaturated/α-hetero) is 1. The van der Waals surface area contributed by atoms with Gasteiger partial charge in [0.15, 0.2) is 5.78 Å². The molecule has 1 N–H and O–H groups in total. The number of halogens is 3. The number of nitro benzene ring substituents is 1. The van der Waals surface area contributed by atoms with Gasteiger partial charge in [-0.2, -0.15) is 0 Å². The molecule has 0 saturated carbocycles. The van der Waals surface area contributed by atoms with Gasteiger partial charge in [0.25, 0.3) is 5.69 Å². The van der Waals surface area contributed by atoms with Gasteiger partial charge in [0.2, 0.25) is 0 Å². The standard InChI is InChI=1S/C15H11Br3N2O4/c1-24-14-3-2-8(4-10(14)16)13(21)7-19-15-11(17)5-9(20(22)23)6-12(15)18/h2-6,19H,7H2,1H3. The molecule has 0 heterocycles. The molecule has 126 valence electrons. The quantitative estimate of drug-likeness (QED) is 0.321. The van der Waals surface area contributed by atoms with Gasteiger partial charge < -0.3 is 10.1 Å². The Hall–Kier alpha value is -1.45. The third-order valence-corrected chi connectivity index (χ3v) is 5.01. The summed E-state index contributed by atoms with van der Waals surface area (Å²) in [4.78, 5) is 22.6. The number of nitrogens with one attached hydrogen (secondary N) is 1. The maximum absolute atomic E-state index is 12.3. The van der Waals surface area contributed by atoms with Crippen LogP contribution >= 0.6 is 47.8 Å². The van der Waals surface area contributed by atoms with Crippen molar-refractivity contribution >= 4 is 64.9 Å². The molecule has 2 aromatic carbocycles. The predicted molar refractivity (Wildman–Crippen MR) is 102 cm³/mol. The molecule has 0 aromatic heterocycles. The highest BCUT2D eigenvalue weighted by Gasteiger charge is 2.15. The maximum Gasteiger partial charge on any atom is 0.271 e. The van der Waals surface area contributed by atoms with Crippen molar-refractivity contribution in [2.24, 2.45) is 0 Å². The summed E-state index contributed by atoms with van der Waals surface area (Å²) < 4.78 is 6.80. The van der Waals surface area contributed by atoms with Crippen LogP contribution in [0.15, 0.2) is 43.7 Å². The van der Waals surface area contributed by atoms with Crippen molar-refractivity contribution in [3.05, 3.63) is 59.4 Å². The number of nitrogens with zero attached hydrogens (tertiary/aromatic N) is 1. The first kappa shape index (κ1) is 18.9. The molecule has 0 aliphatic rings. The summed E-state index contributed by atoms with van der Waals surface area (Å²) >= 11 is 9.88. The van der Waals surface area contributed by atoms with Crippen molar-refractivity contribution in [3.8, 4) is 5.75 Å². The molecule has 2 aromatic rings. The minimum atomic E-state index is -0.487. The summed E-state index contributed by atoms with van der Waals surface area (Å²) in [5, 5.41) is 13.8. The Morgan fingerprint density at radius 1 is 1.17 bits per heavy atom. The molecular formula is C15H11Br3N2O4. The van der Waals surface area contributed by atoms with Gasteiger partial charge in [-0.05, 0) is 66.0 Å². The zero-order valence-electron chi connectivity index (χ0n) is 12.3. The van der Waals surface area contributed by atoms with Gasteiger partial charge in [0, 0.05) is 26.6 Å². The fraction of sp³-hybridized carbons (Fsp3) is 0.133. The number of nitro groups is 1. The predicted octanol–water partition coefficient (Wildman–Crippen LogP) is 5.19. The Labute approximate surface area is 163 Å². The lowest BCUT2D eigenvalue weighted by Gasteiger charge is -2.11. The highest BCUT2D eigenvalue weighted by atomic mass is 79.9. The third kappa shape index (κ3) is 4.34. The zero-order valence-corrected chi connectivity index (χ0v) is 17.1. The van der Waals surface area contributed by atoms with E-state index in [4.69, 9.17) is 4.74 Å². The van der Waals surface area contributed by atoms with Crippen LogP contribution in [-0.4, -0.2) is 24.4 Å². The van der Waals surface area contributed by atoms with Crippen molar-refractivity contribution < 1.29 is 14.5 Å². The molecule has 0 aliphatic carbocycles. The summed E-state index contributed by atoms with van der Waals surface area (Å²) in [5.41, 5.74) is 1.04. The largest absolute Gasteiger partial charge is 0.496 e. The first-order valence-corrected chi connectivity index (χ1v) is 8.95. The lowest BCUT2D eigenvalue weighted by molar-refractivity contribution is -0.385. The third-order valence-electron chi connectivity index (χ3n) is 3.14. The fourth-order valence-electron chi connectivity index (χ4n) is 1.94. The van der Waals surface area contributed by atoms with E-state index < -0.39 is 4.92 Å². The number of hydrogen-bond donors (Lipinski definition) is 1. The highest BCUT2D eigenvalue weighted by molar-refractivity contribution is 9.11. The first-order valence-electron chi connectivity index (χ1n) is 6.57. The van der Waals surface area contributed by atoms with E-state index >= 15 is 0 Å². The van der Waals surface area contributed by atoms with Gasteiger partial charge in [0.05, 0.1) is 28.7 Å². The van der Waals surface area contributed by atoms with Crippen LogP contribution in [0.5, 0.6) is 5.75 Å². The second kappa shape index (κ2) is 8.09. The maximum atomic E-state index is 12.3. The number of anilines is 1. The van der Waals surface area contributed by atoms with Crippen LogP contribution in [0.3, 0.4) is 0 Å². The SMILES string of the molecule is COc1ccc(C(=O)CNc2c(Br)cc([N+](=O)[O-])cc2Br)cc1Br. The van der Waals surface area contributed by atoms with E-state index in [-0.39, 0.29) is 18.0 Å². The second-order valence-electron chi connectivity index (χ2n) is 4.67. The summed E-state index contributed by atoms with van der Waals surface area (Å²) in [6, 6.07) is 7.81. The normalized spacial score (nSPS) is 10.3. The van der Waals surface area contributed by atoms with E-state index in [0.29, 0.717) is 30.4 Å². The molecule has 0 saturated heterocycles. The number of rotatable bonds is 6. The molecule has 24 heavy (non-hydrogen) atoms. The highest BCUT2D eigenvalue weighted by Crippen LogP contribution is 2.35. The van der Waals surface area contributed by atoms with Crippen LogP contribution < -0.4 is 10.1 Å². The van der Waals surface area contributed by atoms with Crippen LogP contribution in [0.2, 0.25) is 0 Å².